The maximum atomic E-state index is 14.1. The van der Waals surface area contributed by atoms with Crippen molar-refractivity contribution in [3.05, 3.63) is 127 Å². The van der Waals surface area contributed by atoms with Gasteiger partial charge in [0.25, 0.3) is 10.0 Å². The number of sulfonamides is 1. The number of hydrogen-bond donors (Lipinski definition) is 0. The zero-order chi connectivity index (χ0) is 28.4. The van der Waals surface area contributed by atoms with Crippen molar-refractivity contribution in [3.8, 4) is 28.4 Å². The van der Waals surface area contributed by atoms with E-state index >= 15 is 0 Å². The van der Waals surface area contributed by atoms with Gasteiger partial charge in [-0.2, -0.15) is 23.0 Å². The molecule has 9 heteroatoms. The average molecular weight is 565 g/mol. The summed E-state index contributed by atoms with van der Waals surface area (Å²) in [5, 5.41) is 9.69. The highest BCUT2D eigenvalue weighted by atomic mass is 32.2. The first kappa shape index (κ1) is 26.3. The molecular weight excluding hydrogens is 536 g/mol. The molecule has 8 nitrogen and oxygen atoms in total. The van der Waals surface area contributed by atoms with Gasteiger partial charge in [-0.3, -0.25) is 0 Å². The molecule has 1 aliphatic heterocycles. The monoisotopic (exact) mass is 564 g/mol. The van der Waals surface area contributed by atoms with Crippen molar-refractivity contribution in [3.63, 3.8) is 0 Å². The van der Waals surface area contributed by atoms with Gasteiger partial charge in [-0.15, -0.1) is 0 Å². The van der Waals surface area contributed by atoms with E-state index in [-0.39, 0.29) is 4.90 Å². The van der Waals surface area contributed by atoms with Crippen LogP contribution in [-0.2, 0) is 10.0 Å². The summed E-state index contributed by atoms with van der Waals surface area (Å²) in [6.07, 6.45) is 2.23. The zero-order valence-electron chi connectivity index (χ0n) is 22.6. The van der Waals surface area contributed by atoms with Crippen molar-refractivity contribution in [2.24, 2.45) is 5.10 Å². The number of ether oxygens (including phenoxy) is 2. The quantitative estimate of drug-likeness (QED) is 0.227. The highest BCUT2D eigenvalue weighted by Gasteiger charge is 2.40. The number of rotatable bonds is 8. The van der Waals surface area contributed by atoms with E-state index in [4.69, 9.17) is 19.7 Å². The second-order valence-electron chi connectivity index (χ2n) is 9.54. The molecule has 0 saturated heterocycles. The molecule has 1 atom stereocenters. The van der Waals surface area contributed by atoms with Gasteiger partial charge in [-0.1, -0.05) is 66.7 Å². The number of aromatic nitrogens is 2. The largest absolute Gasteiger partial charge is 0.497 e. The number of methoxy groups -OCH3 is 2. The van der Waals surface area contributed by atoms with Crippen LogP contribution in [-0.4, -0.2) is 42.5 Å². The Hall–Kier alpha value is -4.89. The minimum absolute atomic E-state index is 0.162. The Bertz CT molecular complexity index is 1780. The standard InChI is InChI=1S/C32H28N4O4S/c1-39-26-18-24(19-27(20-26)40-2)30-21-31(36(33-30)41(37,38)28-16-10-5-11-17-28)29-22-35(25-14-8-4-9-15-25)34-32(29)23-12-6-3-7-13-23/h3-20,22,31H,21H2,1-2H3. The van der Waals surface area contributed by atoms with Crippen LogP contribution >= 0.6 is 0 Å². The highest BCUT2D eigenvalue weighted by Crippen LogP contribution is 2.41. The molecule has 206 valence electrons. The molecule has 1 aromatic heterocycles. The van der Waals surface area contributed by atoms with Gasteiger partial charge in [0.05, 0.1) is 42.2 Å². The maximum Gasteiger partial charge on any atom is 0.279 e. The smallest absolute Gasteiger partial charge is 0.279 e. The molecule has 1 aliphatic rings. The highest BCUT2D eigenvalue weighted by molar-refractivity contribution is 7.89. The Labute approximate surface area is 239 Å². The zero-order valence-corrected chi connectivity index (χ0v) is 23.4. The van der Waals surface area contributed by atoms with Crippen molar-refractivity contribution >= 4 is 15.7 Å². The molecule has 0 amide bonds. The van der Waals surface area contributed by atoms with Crippen LogP contribution in [0.15, 0.2) is 125 Å². The fourth-order valence-electron chi connectivity index (χ4n) is 4.96. The second-order valence-corrected chi connectivity index (χ2v) is 11.3. The van der Waals surface area contributed by atoms with Crippen LogP contribution in [0.25, 0.3) is 16.9 Å². The van der Waals surface area contributed by atoms with E-state index in [2.05, 4.69) is 0 Å². The van der Waals surface area contributed by atoms with Gasteiger partial charge in [0.15, 0.2) is 0 Å². The molecule has 0 saturated carbocycles. The van der Waals surface area contributed by atoms with Crippen LogP contribution in [0, 0.1) is 0 Å². The molecule has 4 aromatic carbocycles. The summed E-state index contributed by atoms with van der Waals surface area (Å²) in [6.45, 7) is 0. The van der Waals surface area contributed by atoms with Gasteiger partial charge >= 0.3 is 0 Å². The lowest BCUT2D eigenvalue weighted by Crippen LogP contribution is -2.27. The van der Waals surface area contributed by atoms with Crippen LogP contribution in [0.2, 0.25) is 0 Å². The molecule has 41 heavy (non-hydrogen) atoms. The summed E-state index contributed by atoms with van der Waals surface area (Å²) in [7, 11) is -0.861. The number of nitrogens with zero attached hydrogens (tertiary/aromatic N) is 4. The van der Waals surface area contributed by atoms with Gasteiger partial charge in [-0.25, -0.2) is 4.68 Å². The number of hydrazone groups is 1. The first-order valence-electron chi connectivity index (χ1n) is 13.1. The van der Waals surface area contributed by atoms with E-state index in [1.165, 1.54) is 4.41 Å². The summed E-state index contributed by atoms with van der Waals surface area (Å²) < 4.78 is 42.2. The van der Waals surface area contributed by atoms with E-state index in [0.717, 1.165) is 16.8 Å². The Morgan fingerprint density at radius 2 is 1.34 bits per heavy atom. The maximum absolute atomic E-state index is 14.1. The van der Waals surface area contributed by atoms with Gasteiger partial charge in [0, 0.05) is 35.4 Å². The van der Waals surface area contributed by atoms with Crippen molar-refractivity contribution < 1.29 is 17.9 Å². The first-order valence-corrected chi connectivity index (χ1v) is 14.5. The van der Waals surface area contributed by atoms with Crippen LogP contribution in [0.5, 0.6) is 11.5 Å². The molecule has 0 radical (unpaired) electrons. The molecule has 0 bridgehead atoms. The predicted octanol–water partition coefficient (Wildman–Crippen LogP) is 6.10. The van der Waals surface area contributed by atoms with E-state index in [1.807, 2.05) is 79.0 Å². The average Bonchev–Trinajstić information content (AvgIpc) is 3.68. The van der Waals surface area contributed by atoms with E-state index in [9.17, 15) is 8.42 Å². The third kappa shape index (κ3) is 5.07. The van der Waals surface area contributed by atoms with Crippen molar-refractivity contribution in [2.75, 3.05) is 14.2 Å². The summed E-state index contributed by atoms with van der Waals surface area (Å²) in [6, 6.07) is 32.7. The second kappa shape index (κ2) is 10.9. The van der Waals surface area contributed by atoms with Crippen LogP contribution < -0.4 is 9.47 Å². The molecule has 0 spiro atoms. The molecule has 0 fully saturated rings. The van der Waals surface area contributed by atoms with Gasteiger partial charge in [-0.05, 0) is 36.4 Å². The molecule has 5 aromatic rings. The topological polar surface area (TPSA) is 86.0 Å². The van der Waals surface area contributed by atoms with E-state index < -0.39 is 16.1 Å². The molecule has 0 aliphatic carbocycles. The molecular formula is C32H28N4O4S. The molecule has 1 unspecified atom stereocenters. The fraction of sp³-hybridized carbons (Fsp3) is 0.125. The summed E-state index contributed by atoms with van der Waals surface area (Å²) >= 11 is 0. The Morgan fingerprint density at radius 1 is 0.756 bits per heavy atom. The van der Waals surface area contributed by atoms with Crippen molar-refractivity contribution in [2.45, 2.75) is 17.4 Å². The summed E-state index contributed by atoms with van der Waals surface area (Å²) in [4.78, 5) is 0.162. The Balaban J connectivity index is 1.53. The number of hydrogen-bond acceptors (Lipinski definition) is 6. The van der Waals surface area contributed by atoms with Crippen LogP contribution in [0.3, 0.4) is 0 Å². The fourth-order valence-corrected chi connectivity index (χ4v) is 6.40. The van der Waals surface area contributed by atoms with Crippen LogP contribution in [0.1, 0.15) is 23.6 Å². The van der Waals surface area contributed by atoms with Crippen LogP contribution in [0.4, 0.5) is 0 Å². The van der Waals surface area contributed by atoms with Crippen molar-refractivity contribution in [1.82, 2.24) is 14.2 Å². The molecule has 0 N–H and O–H groups in total. The molecule has 6 rings (SSSR count). The van der Waals surface area contributed by atoms with Gasteiger partial charge < -0.3 is 9.47 Å². The lowest BCUT2D eigenvalue weighted by molar-refractivity contribution is 0.372. The Morgan fingerprint density at radius 3 is 1.95 bits per heavy atom. The van der Waals surface area contributed by atoms with Crippen molar-refractivity contribution in [1.29, 1.82) is 0 Å². The van der Waals surface area contributed by atoms with Gasteiger partial charge in [0.1, 0.15) is 11.5 Å². The first-order chi connectivity index (χ1) is 20.0. The van der Waals surface area contributed by atoms with Gasteiger partial charge in [0.2, 0.25) is 0 Å². The number of para-hydroxylation sites is 1. The third-order valence-corrected chi connectivity index (χ3v) is 8.71. The van der Waals surface area contributed by atoms with E-state index in [1.54, 1.807) is 55.3 Å². The predicted molar refractivity (Wildman–Crippen MR) is 158 cm³/mol. The number of benzene rings is 4. The van der Waals surface area contributed by atoms with E-state index in [0.29, 0.717) is 34.9 Å². The Kier molecular flexibility index (Phi) is 7.03. The molecule has 2 heterocycles. The lowest BCUT2D eigenvalue weighted by atomic mass is 9.97. The summed E-state index contributed by atoms with van der Waals surface area (Å²) in [5.41, 5.74) is 4.49. The third-order valence-electron chi connectivity index (χ3n) is 7.01. The normalized spacial score (nSPS) is 15.0. The summed E-state index contributed by atoms with van der Waals surface area (Å²) in [5.74, 6) is 1.18. The SMILES string of the molecule is COc1cc(OC)cc(C2=NN(S(=O)(=O)c3ccccc3)C(c3cn(-c4ccccc4)nc3-c3ccccc3)C2)c1. The minimum atomic E-state index is -4.02. The minimum Gasteiger partial charge on any atom is -0.497 e. The lowest BCUT2D eigenvalue weighted by Gasteiger charge is -2.23.